The van der Waals surface area contributed by atoms with Gasteiger partial charge < -0.3 is 25.0 Å². The molecule has 0 radical (unpaired) electrons. The van der Waals surface area contributed by atoms with Crippen LogP contribution in [0.25, 0.3) is 6.08 Å². The van der Waals surface area contributed by atoms with Crippen molar-refractivity contribution >= 4 is 12.0 Å². The maximum absolute atomic E-state index is 12.0. The van der Waals surface area contributed by atoms with Gasteiger partial charge in [0.2, 0.25) is 5.91 Å². The zero-order valence-electron chi connectivity index (χ0n) is 15.6. The molecule has 0 spiro atoms. The Morgan fingerprint density at radius 3 is 2.41 bits per heavy atom. The molecule has 0 fully saturated rings. The van der Waals surface area contributed by atoms with Gasteiger partial charge in [-0.1, -0.05) is 24.3 Å². The lowest BCUT2D eigenvalue weighted by molar-refractivity contribution is -0.116. The highest BCUT2D eigenvalue weighted by Gasteiger charge is 2.04. The molecule has 0 atom stereocenters. The summed E-state index contributed by atoms with van der Waals surface area (Å²) in [5, 5.41) is 21.4. The second-order valence-corrected chi connectivity index (χ2v) is 5.91. The fourth-order valence-electron chi connectivity index (χ4n) is 2.65. The number of amides is 1. The van der Waals surface area contributed by atoms with E-state index in [2.05, 4.69) is 5.32 Å². The first-order valence-corrected chi connectivity index (χ1v) is 8.61. The van der Waals surface area contributed by atoms with E-state index in [0.29, 0.717) is 35.6 Å². The molecule has 0 aliphatic heterocycles. The largest absolute Gasteiger partial charge is 0.493 e. The quantitative estimate of drug-likeness (QED) is 0.587. The predicted molar refractivity (Wildman–Crippen MR) is 104 cm³/mol. The molecule has 0 saturated carbocycles. The van der Waals surface area contributed by atoms with Crippen LogP contribution in [0.4, 0.5) is 0 Å². The fourth-order valence-corrected chi connectivity index (χ4v) is 2.65. The van der Waals surface area contributed by atoms with Crippen LogP contribution in [-0.2, 0) is 24.4 Å². The Morgan fingerprint density at radius 1 is 1.00 bits per heavy atom. The van der Waals surface area contributed by atoms with E-state index in [1.807, 2.05) is 18.2 Å². The van der Waals surface area contributed by atoms with Gasteiger partial charge in [0, 0.05) is 12.6 Å². The van der Waals surface area contributed by atoms with Crippen molar-refractivity contribution < 1.29 is 24.5 Å². The normalized spacial score (nSPS) is 10.8. The van der Waals surface area contributed by atoms with Crippen LogP contribution < -0.4 is 14.8 Å². The topological polar surface area (TPSA) is 88.0 Å². The summed E-state index contributed by atoms with van der Waals surface area (Å²) >= 11 is 0. The van der Waals surface area contributed by atoms with Crippen molar-refractivity contribution in [1.82, 2.24) is 5.32 Å². The minimum absolute atomic E-state index is 0.103. The number of benzene rings is 2. The maximum Gasteiger partial charge on any atom is 0.244 e. The SMILES string of the molecule is COc1ccc(/C=C/C(=O)NCCc2ccc(CO)c(CO)c2)cc1OC. The van der Waals surface area contributed by atoms with Gasteiger partial charge in [-0.3, -0.25) is 4.79 Å². The van der Waals surface area contributed by atoms with Gasteiger partial charge in [0.25, 0.3) is 0 Å². The number of ether oxygens (including phenoxy) is 2. The summed E-state index contributed by atoms with van der Waals surface area (Å²) in [5.74, 6) is 1.04. The number of carbonyl (C=O) groups is 1. The van der Waals surface area contributed by atoms with Crippen LogP contribution >= 0.6 is 0 Å². The number of methoxy groups -OCH3 is 2. The molecule has 2 rings (SSSR count). The fraction of sp³-hybridized carbons (Fsp3) is 0.286. The van der Waals surface area contributed by atoms with Crippen LogP contribution in [0, 0.1) is 0 Å². The van der Waals surface area contributed by atoms with Gasteiger partial charge in [0.1, 0.15) is 0 Å². The van der Waals surface area contributed by atoms with E-state index in [1.54, 1.807) is 38.5 Å². The molecular formula is C21H25NO5. The number of nitrogens with one attached hydrogen (secondary N) is 1. The van der Waals surface area contributed by atoms with Crippen molar-refractivity contribution in [3.05, 3.63) is 64.7 Å². The molecule has 2 aromatic carbocycles. The molecular weight excluding hydrogens is 346 g/mol. The van der Waals surface area contributed by atoms with E-state index in [4.69, 9.17) is 9.47 Å². The second kappa shape index (κ2) is 10.4. The lowest BCUT2D eigenvalue weighted by Gasteiger charge is -2.09. The van der Waals surface area contributed by atoms with Crippen LogP contribution in [0.15, 0.2) is 42.5 Å². The number of hydrogen-bond donors (Lipinski definition) is 3. The van der Waals surface area contributed by atoms with Crippen LogP contribution in [0.1, 0.15) is 22.3 Å². The van der Waals surface area contributed by atoms with E-state index in [0.717, 1.165) is 11.1 Å². The molecule has 144 valence electrons. The number of carbonyl (C=O) groups excluding carboxylic acids is 1. The number of hydrogen-bond acceptors (Lipinski definition) is 5. The molecule has 6 heteroatoms. The summed E-state index contributed by atoms with van der Waals surface area (Å²) < 4.78 is 10.4. The maximum atomic E-state index is 12.0. The highest BCUT2D eigenvalue weighted by molar-refractivity contribution is 5.91. The Hall–Kier alpha value is -2.83. The minimum atomic E-state index is -0.195. The lowest BCUT2D eigenvalue weighted by Crippen LogP contribution is -2.23. The Morgan fingerprint density at radius 2 is 1.74 bits per heavy atom. The standard InChI is InChI=1S/C21H25NO5/c1-26-19-7-4-15(12-20(19)27-2)5-8-21(25)22-10-9-16-3-6-17(13-23)18(11-16)14-24/h3-8,11-12,23-24H,9-10,13-14H2,1-2H3,(H,22,25)/b8-5+. The molecule has 6 nitrogen and oxygen atoms in total. The second-order valence-electron chi connectivity index (χ2n) is 5.91. The lowest BCUT2D eigenvalue weighted by atomic mass is 10.0. The van der Waals surface area contributed by atoms with E-state index in [9.17, 15) is 15.0 Å². The Balaban J connectivity index is 1.88. The van der Waals surface area contributed by atoms with E-state index >= 15 is 0 Å². The molecule has 27 heavy (non-hydrogen) atoms. The molecule has 3 N–H and O–H groups in total. The molecule has 0 bridgehead atoms. The van der Waals surface area contributed by atoms with Crippen molar-refractivity contribution in [1.29, 1.82) is 0 Å². The first-order chi connectivity index (χ1) is 13.1. The average molecular weight is 371 g/mol. The van der Waals surface area contributed by atoms with Gasteiger partial charge in [0.05, 0.1) is 27.4 Å². The summed E-state index contributed by atoms with van der Waals surface area (Å²) in [4.78, 5) is 12.0. The molecule has 0 aromatic heterocycles. The minimum Gasteiger partial charge on any atom is -0.493 e. The monoisotopic (exact) mass is 371 g/mol. The molecule has 2 aromatic rings. The molecule has 0 aliphatic carbocycles. The Kier molecular flexibility index (Phi) is 7.85. The molecule has 0 heterocycles. The zero-order chi connectivity index (χ0) is 19.6. The highest BCUT2D eigenvalue weighted by atomic mass is 16.5. The first-order valence-electron chi connectivity index (χ1n) is 8.61. The number of aliphatic hydroxyl groups excluding tert-OH is 2. The molecule has 0 unspecified atom stereocenters. The number of rotatable bonds is 9. The van der Waals surface area contributed by atoms with Gasteiger partial charge in [-0.25, -0.2) is 0 Å². The van der Waals surface area contributed by atoms with Crippen molar-refractivity contribution in [2.75, 3.05) is 20.8 Å². The van der Waals surface area contributed by atoms with E-state index in [1.165, 1.54) is 6.08 Å². The summed E-state index contributed by atoms with van der Waals surface area (Å²) in [6.45, 7) is 0.246. The molecule has 0 saturated heterocycles. The van der Waals surface area contributed by atoms with Gasteiger partial charge in [-0.2, -0.15) is 0 Å². The third kappa shape index (κ3) is 5.84. The van der Waals surface area contributed by atoms with Crippen molar-refractivity contribution in [3.63, 3.8) is 0 Å². The summed E-state index contributed by atoms with van der Waals surface area (Å²) in [6, 6.07) is 10.9. The van der Waals surface area contributed by atoms with Crippen LogP contribution in [0.3, 0.4) is 0 Å². The molecule has 0 aliphatic rings. The highest BCUT2D eigenvalue weighted by Crippen LogP contribution is 2.27. The summed E-state index contributed by atoms with van der Waals surface area (Å²) in [6.07, 6.45) is 3.81. The van der Waals surface area contributed by atoms with Gasteiger partial charge in [-0.15, -0.1) is 0 Å². The van der Waals surface area contributed by atoms with Gasteiger partial charge in [-0.05, 0) is 46.9 Å². The van der Waals surface area contributed by atoms with Crippen LogP contribution in [0.2, 0.25) is 0 Å². The van der Waals surface area contributed by atoms with Crippen LogP contribution in [0.5, 0.6) is 11.5 Å². The summed E-state index contributed by atoms with van der Waals surface area (Å²) in [5.41, 5.74) is 3.23. The third-order valence-corrected chi connectivity index (χ3v) is 4.16. The van der Waals surface area contributed by atoms with Gasteiger partial charge >= 0.3 is 0 Å². The van der Waals surface area contributed by atoms with Gasteiger partial charge in [0.15, 0.2) is 11.5 Å². The van der Waals surface area contributed by atoms with Crippen molar-refractivity contribution in [2.24, 2.45) is 0 Å². The van der Waals surface area contributed by atoms with Crippen molar-refractivity contribution in [3.8, 4) is 11.5 Å². The third-order valence-electron chi connectivity index (χ3n) is 4.16. The van der Waals surface area contributed by atoms with E-state index < -0.39 is 0 Å². The molecule has 1 amide bonds. The average Bonchev–Trinajstić information content (AvgIpc) is 2.71. The van der Waals surface area contributed by atoms with E-state index in [-0.39, 0.29) is 19.1 Å². The zero-order valence-corrected chi connectivity index (χ0v) is 15.6. The van der Waals surface area contributed by atoms with Crippen molar-refractivity contribution in [2.45, 2.75) is 19.6 Å². The smallest absolute Gasteiger partial charge is 0.244 e. The Bertz CT molecular complexity index is 801. The first kappa shape index (κ1) is 20.5. The van der Waals surface area contributed by atoms with Crippen LogP contribution in [-0.4, -0.2) is 36.9 Å². The Labute approximate surface area is 159 Å². The predicted octanol–water partition coefficient (Wildman–Crippen LogP) is 2.06. The number of aliphatic hydroxyl groups is 2. The summed E-state index contributed by atoms with van der Waals surface area (Å²) in [7, 11) is 3.13.